The van der Waals surface area contributed by atoms with Gasteiger partial charge in [-0.2, -0.15) is 0 Å². The number of alkyl halides is 1. The summed E-state index contributed by atoms with van der Waals surface area (Å²) in [5.41, 5.74) is 3.72. The number of halogens is 2. The minimum Gasteiger partial charge on any atom is -0.263 e. The Morgan fingerprint density at radius 2 is 1.84 bits per heavy atom. The average Bonchev–Trinajstić information content (AvgIpc) is 2.43. The maximum atomic E-state index is 6.14. The van der Waals surface area contributed by atoms with Crippen molar-refractivity contribution in [2.24, 2.45) is 5.92 Å². The number of hydrogen-bond donors (Lipinski definition) is 0. The van der Waals surface area contributed by atoms with E-state index in [1.807, 2.05) is 6.07 Å². The van der Waals surface area contributed by atoms with Crippen molar-refractivity contribution in [1.82, 2.24) is 4.98 Å². The molecule has 1 atom stereocenters. The smallest absolute Gasteiger partial charge is 0.0621 e. The molecule has 0 amide bonds. The van der Waals surface area contributed by atoms with Crippen molar-refractivity contribution in [1.29, 1.82) is 0 Å². The van der Waals surface area contributed by atoms with Crippen LogP contribution in [0.3, 0.4) is 0 Å². The molecule has 19 heavy (non-hydrogen) atoms. The van der Waals surface area contributed by atoms with Crippen LogP contribution in [-0.4, -0.2) is 10.9 Å². The lowest BCUT2D eigenvalue weighted by Crippen LogP contribution is -2.10. The Labute approximate surface area is 124 Å². The van der Waals surface area contributed by atoms with E-state index in [-0.39, 0.29) is 0 Å². The molecule has 0 aliphatic heterocycles. The van der Waals surface area contributed by atoms with Gasteiger partial charge in [0.05, 0.1) is 5.02 Å². The molecule has 0 fully saturated rings. The van der Waals surface area contributed by atoms with Gasteiger partial charge in [-0.05, 0) is 42.9 Å². The van der Waals surface area contributed by atoms with Crippen LogP contribution in [-0.2, 0) is 12.8 Å². The summed E-state index contributed by atoms with van der Waals surface area (Å²) in [7, 11) is 0. The van der Waals surface area contributed by atoms with Gasteiger partial charge in [-0.25, -0.2) is 0 Å². The first-order chi connectivity index (χ1) is 9.19. The Morgan fingerprint density at radius 3 is 2.47 bits per heavy atom. The second kappa shape index (κ2) is 6.93. The largest absolute Gasteiger partial charge is 0.263 e. The zero-order valence-corrected chi connectivity index (χ0v) is 12.5. The fourth-order valence-corrected chi connectivity index (χ4v) is 2.53. The van der Waals surface area contributed by atoms with E-state index >= 15 is 0 Å². The molecule has 0 N–H and O–H groups in total. The maximum absolute atomic E-state index is 6.14. The van der Waals surface area contributed by atoms with E-state index in [9.17, 15) is 0 Å². The molecule has 1 heterocycles. The lowest BCUT2D eigenvalue weighted by Gasteiger charge is -2.15. The number of rotatable bonds is 5. The van der Waals surface area contributed by atoms with Crippen LogP contribution in [0.5, 0.6) is 0 Å². The first kappa shape index (κ1) is 14.4. The predicted molar refractivity (Wildman–Crippen MR) is 82.0 cm³/mol. The SMILES string of the molecule is Cc1ccc(CC(CCl)Cc2ccncc2Cl)cc1. The summed E-state index contributed by atoms with van der Waals surface area (Å²) in [6.45, 7) is 2.10. The van der Waals surface area contributed by atoms with Gasteiger partial charge in [0.1, 0.15) is 0 Å². The Bertz CT molecular complexity index is 523. The monoisotopic (exact) mass is 293 g/mol. The Hall–Kier alpha value is -1.05. The van der Waals surface area contributed by atoms with Crippen LogP contribution in [0.2, 0.25) is 5.02 Å². The van der Waals surface area contributed by atoms with E-state index in [1.165, 1.54) is 11.1 Å². The molecule has 100 valence electrons. The first-order valence-electron chi connectivity index (χ1n) is 6.39. The zero-order valence-electron chi connectivity index (χ0n) is 10.9. The summed E-state index contributed by atoms with van der Waals surface area (Å²) < 4.78 is 0. The van der Waals surface area contributed by atoms with Crippen molar-refractivity contribution in [3.05, 3.63) is 64.4 Å². The Kier molecular flexibility index (Phi) is 5.24. The summed E-state index contributed by atoms with van der Waals surface area (Å²) in [5, 5.41) is 0.724. The molecule has 1 unspecified atom stereocenters. The number of benzene rings is 1. The van der Waals surface area contributed by atoms with E-state index in [0.717, 1.165) is 23.4 Å². The quantitative estimate of drug-likeness (QED) is 0.729. The molecule has 0 aliphatic carbocycles. The van der Waals surface area contributed by atoms with E-state index in [1.54, 1.807) is 12.4 Å². The topological polar surface area (TPSA) is 12.9 Å². The fourth-order valence-electron chi connectivity index (χ4n) is 2.12. The molecule has 1 nitrogen and oxygen atoms in total. The molecule has 0 aliphatic rings. The van der Waals surface area contributed by atoms with Crippen LogP contribution >= 0.6 is 23.2 Å². The van der Waals surface area contributed by atoms with Crippen molar-refractivity contribution in [3.63, 3.8) is 0 Å². The van der Waals surface area contributed by atoms with Crippen LogP contribution in [0.4, 0.5) is 0 Å². The summed E-state index contributed by atoms with van der Waals surface area (Å²) in [6, 6.07) is 10.6. The van der Waals surface area contributed by atoms with Crippen molar-refractivity contribution >= 4 is 23.2 Å². The van der Waals surface area contributed by atoms with Crippen LogP contribution in [0, 0.1) is 12.8 Å². The number of hydrogen-bond acceptors (Lipinski definition) is 1. The third kappa shape index (κ3) is 4.22. The number of aromatic nitrogens is 1. The molecular weight excluding hydrogens is 277 g/mol. The number of pyridine rings is 1. The Balaban J connectivity index is 2.05. The van der Waals surface area contributed by atoms with Crippen LogP contribution < -0.4 is 0 Å². The maximum Gasteiger partial charge on any atom is 0.0621 e. The molecule has 3 heteroatoms. The third-order valence-electron chi connectivity index (χ3n) is 3.23. The molecule has 0 saturated heterocycles. The summed E-state index contributed by atoms with van der Waals surface area (Å²) >= 11 is 12.2. The second-order valence-corrected chi connectivity index (χ2v) is 5.60. The van der Waals surface area contributed by atoms with E-state index in [0.29, 0.717) is 11.8 Å². The van der Waals surface area contributed by atoms with Gasteiger partial charge in [0.2, 0.25) is 0 Å². The molecule has 0 saturated carbocycles. The highest BCUT2D eigenvalue weighted by molar-refractivity contribution is 6.31. The molecule has 0 radical (unpaired) electrons. The van der Waals surface area contributed by atoms with Gasteiger partial charge in [-0.15, -0.1) is 11.6 Å². The lowest BCUT2D eigenvalue weighted by atomic mass is 9.94. The van der Waals surface area contributed by atoms with Crippen molar-refractivity contribution in [2.75, 3.05) is 5.88 Å². The molecule has 2 aromatic rings. The minimum atomic E-state index is 0.393. The number of aryl methyl sites for hydroxylation is 1. The Morgan fingerprint density at radius 1 is 1.11 bits per heavy atom. The fraction of sp³-hybridized carbons (Fsp3) is 0.312. The van der Waals surface area contributed by atoms with Gasteiger partial charge in [-0.1, -0.05) is 41.4 Å². The van der Waals surface area contributed by atoms with Gasteiger partial charge in [-0.3, -0.25) is 4.98 Å². The highest BCUT2D eigenvalue weighted by Gasteiger charge is 2.11. The highest BCUT2D eigenvalue weighted by Crippen LogP contribution is 2.21. The summed E-state index contributed by atoms with van der Waals surface area (Å²) in [6.07, 6.45) is 5.33. The lowest BCUT2D eigenvalue weighted by molar-refractivity contribution is 0.583. The number of nitrogens with zero attached hydrogens (tertiary/aromatic N) is 1. The average molecular weight is 294 g/mol. The van der Waals surface area contributed by atoms with Crippen molar-refractivity contribution < 1.29 is 0 Å². The summed E-state index contributed by atoms with van der Waals surface area (Å²) in [4.78, 5) is 4.01. The molecule has 1 aromatic carbocycles. The van der Waals surface area contributed by atoms with Crippen LogP contribution in [0.1, 0.15) is 16.7 Å². The van der Waals surface area contributed by atoms with Gasteiger partial charge in [0.15, 0.2) is 0 Å². The van der Waals surface area contributed by atoms with Gasteiger partial charge in [0.25, 0.3) is 0 Å². The highest BCUT2D eigenvalue weighted by atomic mass is 35.5. The van der Waals surface area contributed by atoms with Crippen LogP contribution in [0.25, 0.3) is 0 Å². The molecule has 2 rings (SSSR count). The van der Waals surface area contributed by atoms with E-state index in [4.69, 9.17) is 23.2 Å². The normalized spacial score (nSPS) is 12.4. The van der Waals surface area contributed by atoms with Crippen LogP contribution in [0.15, 0.2) is 42.7 Å². The third-order valence-corrected chi connectivity index (χ3v) is 4.00. The summed E-state index contributed by atoms with van der Waals surface area (Å²) in [5.74, 6) is 1.02. The molecule has 0 spiro atoms. The minimum absolute atomic E-state index is 0.393. The first-order valence-corrected chi connectivity index (χ1v) is 7.30. The second-order valence-electron chi connectivity index (χ2n) is 4.88. The van der Waals surface area contributed by atoms with Gasteiger partial charge < -0.3 is 0 Å². The van der Waals surface area contributed by atoms with Gasteiger partial charge >= 0.3 is 0 Å². The van der Waals surface area contributed by atoms with Crippen molar-refractivity contribution in [2.45, 2.75) is 19.8 Å². The molecule has 0 bridgehead atoms. The van der Waals surface area contributed by atoms with E-state index < -0.39 is 0 Å². The molecular formula is C16H17Cl2N. The standard InChI is InChI=1S/C16H17Cl2N/c1-12-2-4-13(5-3-12)8-14(10-17)9-15-6-7-19-11-16(15)18/h2-7,11,14H,8-10H2,1H3. The van der Waals surface area contributed by atoms with Crippen molar-refractivity contribution in [3.8, 4) is 0 Å². The van der Waals surface area contributed by atoms with E-state index in [2.05, 4.69) is 36.2 Å². The molecule has 1 aromatic heterocycles. The van der Waals surface area contributed by atoms with Gasteiger partial charge in [0, 0.05) is 18.3 Å². The predicted octanol–water partition coefficient (Wildman–Crippen LogP) is 4.68. The zero-order chi connectivity index (χ0) is 13.7.